The molecule has 1 aromatic carbocycles. The summed E-state index contributed by atoms with van der Waals surface area (Å²) >= 11 is 5.92. The number of ether oxygens (including phenoxy) is 1. The lowest BCUT2D eigenvalue weighted by Crippen LogP contribution is -2.54. The SMILES string of the molecule is CC1CCN(C(=O)C2CCCN(C(=O)C(C)(C)Oc3ccc(Cl)cc3)C2)CC1. The quantitative estimate of drug-likeness (QED) is 0.759. The zero-order valence-electron chi connectivity index (χ0n) is 17.1. The maximum Gasteiger partial charge on any atom is 0.266 e. The lowest BCUT2D eigenvalue weighted by Gasteiger charge is -2.39. The Labute approximate surface area is 173 Å². The molecule has 0 aromatic heterocycles. The van der Waals surface area contributed by atoms with Crippen molar-refractivity contribution in [3.05, 3.63) is 29.3 Å². The van der Waals surface area contributed by atoms with Gasteiger partial charge in [-0.25, -0.2) is 0 Å². The maximum atomic E-state index is 13.1. The molecule has 2 aliphatic rings. The van der Waals surface area contributed by atoms with E-state index in [9.17, 15) is 9.59 Å². The van der Waals surface area contributed by atoms with Gasteiger partial charge in [-0.15, -0.1) is 0 Å². The molecule has 0 radical (unpaired) electrons. The number of hydrogen-bond acceptors (Lipinski definition) is 3. The Balaban J connectivity index is 1.61. The molecular formula is C22H31ClN2O3. The molecule has 0 saturated carbocycles. The second-order valence-corrected chi connectivity index (χ2v) is 9.10. The maximum absolute atomic E-state index is 13.1. The average Bonchev–Trinajstić information content (AvgIpc) is 2.69. The smallest absolute Gasteiger partial charge is 0.266 e. The van der Waals surface area contributed by atoms with Crippen LogP contribution in [0.5, 0.6) is 5.75 Å². The average molecular weight is 407 g/mol. The number of carbonyl (C=O) groups is 2. The Morgan fingerprint density at radius 3 is 2.32 bits per heavy atom. The molecule has 2 aliphatic heterocycles. The van der Waals surface area contributed by atoms with E-state index in [1.165, 1.54) is 0 Å². The summed E-state index contributed by atoms with van der Waals surface area (Å²) in [5.41, 5.74) is -1.00. The number of benzene rings is 1. The van der Waals surface area contributed by atoms with Gasteiger partial charge in [-0.1, -0.05) is 18.5 Å². The summed E-state index contributed by atoms with van der Waals surface area (Å²) in [6.07, 6.45) is 3.85. The molecule has 2 saturated heterocycles. The summed E-state index contributed by atoms with van der Waals surface area (Å²) in [7, 11) is 0. The number of carbonyl (C=O) groups excluding carboxylic acids is 2. The zero-order valence-corrected chi connectivity index (χ0v) is 17.9. The fourth-order valence-electron chi connectivity index (χ4n) is 4.07. The Kier molecular flexibility index (Phi) is 6.54. The Bertz CT molecular complexity index is 696. The second-order valence-electron chi connectivity index (χ2n) is 8.66. The first kappa shape index (κ1) is 21.0. The molecule has 0 bridgehead atoms. The van der Waals surface area contributed by atoms with Gasteiger partial charge in [0.1, 0.15) is 5.75 Å². The van der Waals surface area contributed by atoms with Gasteiger partial charge >= 0.3 is 0 Å². The molecule has 1 atom stereocenters. The van der Waals surface area contributed by atoms with Crippen LogP contribution in [-0.4, -0.2) is 53.4 Å². The van der Waals surface area contributed by atoms with Crippen molar-refractivity contribution >= 4 is 23.4 Å². The lowest BCUT2D eigenvalue weighted by atomic mass is 9.92. The van der Waals surface area contributed by atoms with Crippen molar-refractivity contribution < 1.29 is 14.3 Å². The molecule has 3 rings (SSSR count). The first-order valence-corrected chi connectivity index (χ1v) is 10.7. The number of likely N-dealkylation sites (tertiary alicyclic amines) is 2. The Morgan fingerprint density at radius 2 is 1.68 bits per heavy atom. The van der Waals surface area contributed by atoms with Crippen LogP contribution in [0.4, 0.5) is 0 Å². The number of halogens is 1. The van der Waals surface area contributed by atoms with Crippen LogP contribution < -0.4 is 4.74 Å². The minimum atomic E-state index is -1.00. The summed E-state index contributed by atoms with van der Waals surface area (Å²) < 4.78 is 5.95. The molecule has 0 N–H and O–H groups in total. The van der Waals surface area contributed by atoms with Crippen molar-refractivity contribution in [2.75, 3.05) is 26.2 Å². The molecule has 1 aromatic rings. The van der Waals surface area contributed by atoms with E-state index in [-0.39, 0.29) is 17.7 Å². The molecule has 5 nitrogen and oxygen atoms in total. The molecule has 6 heteroatoms. The van der Waals surface area contributed by atoms with E-state index in [2.05, 4.69) is 6.92 Å². The van der Waals surface area contributed by atoms with Crippen molar-refractivity contribution in [1.29, 1.82) is 0 Å². The third-order valence-electron chi connectivity index (χ3n) is 5.85. The van der Waals surface area contributed by atoms with Crippen molar-refractivity contribution in [3.8, 4) is 5.75 Å². The van der Waals surface area contributed by atoms with Gasteiger partial charge in [-0.3, -0.25) is 9.59 Å². The highest BCUT2D eigenvalue weighted by Crippen LogP contribution is 2.27. The molecular weight excluding hydrogens is 376 g/mol. The van der Waals surface area contributed by atoms with Gasteiger partial charge in [0.2, 0.25) is 5.91 Å². The van der Waals surface area contributed by atoms with Crippen molar-refractivity contribution in [2.45, 2.75) is 52.1 Å². The number of amides is 2. The summed E-state index contributed by atoms with van der Waals surface area (Å²) in [5, 5.41) is 0.626. The van der Waals surface area contributed by atoms with E-state index in [1.807, 2.05) is 4.90 Å². The highest BCUT2D eigenvalue weighted by atomic mass is 35.5. The van der Waals surface area contributed by atoms with E-state index in [0.29, 0.717) is 29.8 Å². The standard InChI is InChI=1S/C22H31ClN2O3/c1-16-10-13-24(14-11-16)20(26)17-5-4-12-25(15-17)21(27)22(2,3)28-19-8-6-18(23)7-9-19/h6-9,16-17H,4-5,10-15H2,1-3H3. The lowest BCUT2D eigenvalue weighted by molar-refractivity contribution is -0.150. The normalized spacial score (nSPS) is 21.5. The molecule has 0 spiro atoms. The summed E-state index contributed by atoms with van der Waals surface area (Å²) in [6.45, 7) is 8.64. The van der Waals surface area contributed by atoms with Crippen LogP contribution in [0.25, 0.3) is 0 Å². The first-order chi connectivity index (χ1) is 13.3. The number of hydrogen-bond donors (Lipinski definition) is 0. The predicted molar refractivity (Wildman–Crippen MR) is 110 cm³/mol. The molecule has 2 heterocycles. The van der Waals surface area contributed by atoms with Crippen LogP contribution in [0.2, 0.25) is 5.02 Å². The van der Waals surface area contributed by atoms with E-state index >= 15 is 0 Å². The van der Waals surface area contributed by atoms with Crippen LogP contribution in [0.1, 0.15) is 46.5 Å². The molecule has 2 amide bonds. The van der Waals surface area contributed by atoms with Crippen molar-refractivity contribution in [3.63, 3.8) is 0 Å². The molecule has 28 heavy (non-hydrogen) atoms. The van der Waals surface area contributed by atoms with Crippen LogP contribution in [-0.2, 0) is 9.59 Å². The van der Waals surface area contributed by atoms with Crippen LogP contribution in [0.15, 0.2) is 24.3 Å². The van der Waals surface area contributed by atoms with Crippen molar-refractivity contribution in [2.24, 2.45) is 11.8 Å². The van der Waals surface area contributed by atoms with E-state index in [0.717, 1.165) is 38.8 Å². The van der Waals surface area contributed by atoms with Gasteiger partial charge in [0.15, 0.2) is 5.60 Å². The Hall–Kier alpha value is -1.75. The fraction of sp³-hybridized carbons (Fsp3) is 0.636. The minimum absolute atomic E-state index is 0.0767. The fourth-order valence-corrected chi connectivity index (χ4v) is 4.20. The van der Waals surface area contributed by atoms with Crippen LogP contribution >= 0.6 is 11.6 Å². The van der Waals surface area contributed by atoms with Crippen LogP contribution in [0, 0.1) is 11.8 Å². The van der Waals surface area contributed by atoms with Gasteiger partial charge in [-0.2, -0.15) is 0 Å². The highest BCUT2D eigenvalue weighted by Gasteiger charge is 2.39. The van der Waals surface area contributed by atoms with Crippen molar-refractivity contribution in [1.82, 2.24) is 9.80 Å². The van der Waals surface area contributed by atoms with Crippen LogP contribution in [0.3, 0.4) is 0 Å². The van der Waals surface area contributed by atoms with E-state index in [4.69, 9.17) is 16.3 Å². The topological polar surface area (TPSA) is 49.9 Å². The largest absolute Gasteiger partial charge is 0.478 e. The summed E-state index contributed by atoms with van der Waals surface area (Å²) in [5.74, 6) is 1.33. The monoisotopic (exact) mass is 406 g/mol. The van der Waals surface area contributed by atoms with Gasteiger partial charge in [0, 0.05) is 31.2 Å². The highest BCUT2D eigenvalue weighted by molar-refractivity contribution is 6.30. The first-order valence-electron chi connectivity index (χ1n) is 10.3. The van der Waals surface area contributed by atoms with Gasteiger partial charge < -0.3 is 14.5 Å². The van der Waals surface area contributed by atoms with E-state index < -0.39 is 5.60 Å². The number of rotatable bonds is 4. The van der Waals surface area contributed by atoms with E-state index in [1.54, 1.807) is 43.0 Å². The molecule has 2 fully saturated rings. The molecule has 0 aliphatic carbocycles. The summed E-state index contributed by atoms with van der Waals surface area (Å²) in [4.78, 5) is 29.9. The number of nitrogens with zero attached hydrogens (tertiary/aromatic N) is 2. The summed E-state index contributed by atoms with van der Waals surface area (Å²) in [6, 6.07) is 7.01. The van der Waals surface area contributed by atoms with Gasteiger partial charge in [0.25, 0.3) is 5.91 Å². The third kappa shape index (κ3) is 4.99. The third-order valence-corrected chi connectivity index (χ3v) is 6.11. The van der Waals surface area contributed by atoms with Gasteiger partial charge in [0.05, 0.1) is 5.92 Å². The predicted octanol–water partition coefficient (Wildman–Crippen LogP) is 3.99. The molecule has 154 valence electrons. The number of piperidine rings is 2. The van der Waals surface area contributed by atoms with Gasteiger partial charge in [-0.05, 0) is 69.7 Å². The Morgan fingerprint density at radius 1 is 1.04 bits per heavy atom. The zero-order chi connectivity index (χ0) is 20.3. The minimum Gasteiger partial charge on any atom is -0.478 e. The molecule has 1 unspecified atom stereocenters. The second kappa shape index (κ2) is 8.73.